The van der Waals surface area contributed by atoms with E-state index in [-0.39, 0.29) is 5.91 Å². The van der Waals surface area contributed by atoms with Gasteiger partial charge in [-0.1, -0.05) is 12.1 Å². The zero-order valence-corrected chi connectivity index (χ0v) is 16.5. The topological polar surface area (TPSA) is 47.3 Å². The van der Waals surface area contributed by atoms with Gasteiger partial charge in [-0.2, -0.15) is 5.26 Å². The second-order valence-corrected chi connectivity index (χ2v) is 8.58. The Morgan fingerprint density at radius 3 is 2.67 bits per heavy atom. The van der Waals surface area contributed by atoms with Crippen LogP contribution in [0.3, 0.4) is 0 Å². The molecule has 140 valence electrons. The fourth-order valence-corrected chi connectivity index (χ4v) is 5.16. The SMILES string of the molecule is C[C@@H]1CCCN1C[C@@H]1CCCN1C(=O)c1ccc(-c2cc(C#N)cs2)cc1. The Morgan fingerprint density at radius 2 is 2.00 bits per heavy atom. The molecule has 27 heavy (non-hydrogen) atoms. The summed E-state index contributed by atoms with van der Waals surface area (Å²) in [6.45, 7) is 5.34. The smallest absolute Gasteiger partial charge is 0.254 e. The number of thiophene rings is 1. The van der Waals surface area contributed by atoms with Crippen LogP contribution in [0.4, 0.5) is 0 Å². The summed E-state index contributed by atoms with van der Waals surface area (Å²) in [6.07, 6.45) is 4.76. The highest BCUT2D eigenvalue weighted by Gasteiger charge is 2.32. The van der Waals surface area contributed by atoms with Gasteiger partial charge in [-0.25, -0.2) is 0 Å². The molecule has 2 aliphatic heterocycles. The molecule has 0 radical (unpaired) electrons. The molecule has 1 aromatic carbocycles. The first-order valence-corrected chi connectivity index (χ1v) is 10.7. The number of carbonyl (C=O) groups excluding carboxylic acids is 1. The fourth-order valence-electron chi connectivity index (χ4n) is 4.32. The van der Waals surface area contributed by atoms with E-state index in [0.717, 1.165) is 41.9 Å². The minimum absolute atomic E-state index is 0.153. The molecule has 0 aliphatic carbocycles. The zero-order chi connectivity index (χ0) is 18.8. The van der Waals surface area contributed by atoms with Crippen LogP contribution in [0.2, 0.25) is 0 Å². The Bertz CT molecular complexity index is 851. The Hall–Kier alpha value is -2.16. The van der Waals surface area contributed by atoms with Crippen LogP contribution in [0.1, 0.15) is 48.5 Å². The van der Waals surface area contributed by atoms with E-state index in [9.17, 15) is 4.79 Å². The predicted octanol–water partition coefficient (Wildman–Crippen LogP) is 4.38. The Kier molecular flexibility index (Phi) is 5.29. The molecule has 3 heterocycles. The molecule has 0 saturated carbocycles. The molecule has 2 saturated heterocycles. The van der Waals surface area contributed by atoms with Crippen LogP contribution in [-0.2, 0) is 0 Å². The van der Waals surface area contributed by atoms with Crippen molar-refractivity contribution in [3.8, 4) is 16.5 Å². The van der Waals surface area contributed by atoms with Crippen molar-refractivity contribution in [2.24, 2.45) is 0 Å². The lowest BCUT2D eigenvalue weighted by Crippen LogP contribution is -2.44. The molecule has 4 nitrogen and oxygen atoms in total. The van der Waals surface area contributed by atoms with Crippen LogP contribution in [-0.4, -0.2) is 47.4 Å². The Balaban J connectivity index is 1.46. The Morgan fingerprint density at radius 1 is 1.22 bits per heavy atom. The molecule has 0 N–H and O–H groups in total. The van der Waals surface area contributed by atoms with Crippen molar-refractivity contribution in [2.75, 3.05) is 19.6 Å². The summed E-state index contributed by atoms with van der Waals surface area (Å²) >= 11 is 1.56. The van der Waals surface area contributed by atoms with Crippen molar-refractivity contribution < 1.29 is 4.79 Å². The first-order valence-electron chi connectivity index (χ1n) is 9.80. The third-order valence-electron chi connectivity index (χ3n) is 5.92. The van der Waals surface area contributed by atoms with E-state index in [1.165, 1.54) is 19.4 Å². The standard InChI is InChI=1S/C22H25N3OS/c1-16-4-2-10-24(16)14-20-5-3-11-25(20)22(26)19-8-6-18(7-9-19)21-12-17(13-23)15-27-21/h6-9,12,15-16,20H,2-5,10-11,14H2,1H3/t16-,20+/m1/s1. The van der Waals surface area contributed by atoms with Gasteiger partial charge >= 0.3 is 0 Å². The van der Waals surface area contributed by atoms with Gasteiger partial charge in [0.2, 0.25) is 0 Å². The summed E-state index contributed by atoms with van der Waals surface area (Å²) in [6, 6.07) is 12.9. The number of nitrogens with zero attached hydrogens (tertiary/aromatic N) is 3. The van der Waals surface area contributed by atoms with Crippen molar-refractivity contribution in [3.05, 3.63) is 46.8 Å². The summed E-state index contributed by atoms with van der Waals surface area (Å²) in [5.74, 6) is 0.153. The first-order chi connectivity index (χ1) is 13.2. The Labute approximate surface area is 165 Å². The predicted molar refractivity (Wildman–Crippen MR) is 109 cm³/mol. The van der Waals surface area contributed by atoms with E-state index >= 15 is 0 Å². The van der Waals surface area contributed by atoms with Crippen LogP contribution >= 0.6 is 11.3 Å². The van der Waals surface area contributed by atoms with Gasteiger partial charge in [0.05, 0.1) is 5.56 Å². The second-order valence-electron chi connectivity index (χ2n) is 7.67. The van der Waals surface area contributed by atoms with E-state index in [2.05, 4.69) is 22.8 Å². The lowest BCUT2D eigenvalue weighted by molar-refractivity contribution is 0.0697. The number of nitriles is 1. The number of hydrogen-bond acceptors (Lipinski definition) is 4. The van der Waals surface area contributed by atoms with E-state index < -0.39 is 0 Å². The van der Waals surface area contributed by atoms with Gasteiger partial charge in [0.1, 0.15) is 6.07 Å². The summed E-state index contributed by atoms with van der Waals surface area (Å²) in [7, 11) is 0. The maximum atomic E-state index is 13.1. The third-order valence-corrected chi connectivity index (χ3v) is 6.90. The van der Waals surface area contributed by atoms with E-state index in [1.807, 2.05) is 35.7 Å². The molecule has 4 rings (SSSR count). The maximum absolute atomic E-state index is 13.1. The molecule has 0 unspecified atom stereocenters. The summed E-state index contributed by atoms with van der Waals surface area (Å²) in [5, 5.41) is 10.8. The number of hydrogen-bond donors (Lipinski definition) is 0. The van der Waals surface area contributed by atoms with Crippen molar-refractivity contribution >= 4 is 17.2 Å². The van der Waals surface area contributed by atoms with Gasteiger partial charge in [-0.05, 0) is 62.9 Å². The van der Waals surface area contributed by atoms with Crippen LogP contribution in [0.5, 0.6) is 0 Å². The largest absolute Gasteiger partial charge is 0.334 e. The highest BCUT2D eigenvalue weighted by atomic mass is 32.1. The molecule has 2 aliphatic rings. The quantitative estimate of drug-likeness (QED) is 0.792. The molecular weight excluding hydrogens is 354 g/mol. The van der Waals surface area contributed by atoms with Crippen molar-refractivity contribution in [1.82, 2.24) is 9.80 Å². The maximum Gasteiger partial charge on any atom is 0.254 e. The number of amides is 1. The van der Waals surface area contributed by atoms with Gasteiger partial charge in [0.25, 0.3) is 5.91 Å². The van der Waals surface area contributed by atoms with E-state index in [4.69, 9.17) is 5.26 Å². The molecular formula is C22H25N3OS. The zero-order valence-electron chi connectivity index (χ0n) is 15.7. The van der Waals surface area contributed by atoms with Gasteiger partial charge in [-0.15, -0.1) is 11.3 Å². The molecule has 0 bridgehead atoms. The lowest BCUT2D eigenvalue weighted by Gasteiger charge is -2.30. The number of carbonyl (C=O) groups is 1. The molecule has 2 aromatic rings. The van der Waals surface area contributed by atoms with Gasteiger partial charge < -0.3 is 4.90 Å². The summed E-state index contributed by atoms with van der Waals surface area (Å²) in [4.78, 5) is 18.8. The van der Waals surface area contributed by atoms with Gasteiger partial charge in [0, 0.05) is 41.0 Å². The second kappa shape index (κ2) is 7.84. The average molecular weight is 380 g/mol. The normalized spacial score (nSPS) is 22.9. The third kappa shape index (κ3) is 3.78. The lowest BCUT2D eigenvalue weighted by atomic mass is 10.1. The van der Waals surface area contributed by atoms with Crippen molar-refractivity contribution in [1.29, 1.82) is 5.26 Å². The highest BCUT2D eigenvalue weighted by Crippen LogP contribution is 2.28. The van der Waals surface area contributed by atoms with E-state index in [0.29, 0.717) is 17.6 Å². The summed E-state index contributed by atoms with van der Waals surface area (Å²) < 4.78 is 0. The van der Waals surface area contributed by atoms with Gasteiger partial charge in [0.15, 0.2) is 0 Å². The van der Waals surface area contributed by atoms with Crippen LogP contribution < -0.4 is 0 Å². The average Bonchev–Trinajstić information content (AvgIpc) is 3.43. The minimum Gasteiger partial charge on any atom is -0.334 e. The molecule has 2 fully saturated rings. The highest BCUT2D eigenvalue weighted by molar-refractivity contribution is 7.13. The van der Waals surface area contributed by atoms with E-state index in [1.54, 1.807) is 11.3 Å². The summed E-state index contributed by atoms with van der Waals surface area (Å²) in [5.41, 5.74) is 2.50. The molecule has 1 aromatic heterocycles. The molecule has 1 amide bonds. The molecule has 5 heteroatoms. The van der Waals surface area contributed by atoms with Crippen molar-refractivity contribution in [3.63, 3.8) is 0 Å². The van der Waals surface area contributed by atoms with Crippen molar-refractivity contribution in [2.45, 2.75) is 44.7 Å². The number of rotatable bonds is 4. The van der Waals surface area contributed by atoms with Crippen LogP contribution in [0.25, 0.3) is 10.4 Å². The van der Waals surface area contributed by atoms with Gasteiger partial charge in [-0.3, -0.25) is 9.69 Å². The number of benzene rings is 1. The number of likely N-dealkylation sites (tertiary alicyclic amines) is 2. The molecule has 2 atom stereocenters. The molecule has 0 spiro atoms. The fraction of sp³-hybridized carbons (Fsp3) is 0.455. The minimum atomic E-state index is 0.153. The van der Waals surface area contributed by atoms with Crippen LogP contribution in [0.15, 0.2) is 35.7 Å². The monoisotopic (exact) mass is 379 g/mol. The van der Waals surface area contributed by atoms with Crippen LogP contribution in [0, 0.1) is 11.3 Å². The first kappa shape index (κ1) is 18.2.